The van der Waals surface area contributed by atoms with Crippen molar-refractivity contribution in [2.75, 3.05) is 7.11 Å². The average molecular weight is 421 g/mol. The maximum absolute atomic E-state index is 5.31. The van der Waals surface area contributed by atoms with Gasteiger partial charge in [0.25, 0.3) is 0 Å². The highest BCUT2D eigenvalue weighted by Gasteiger charge is 2.28. The zero-order valence-corrected chi connectivity index (χ0v) is 16.8. The lowest BCUT2D eigenvalue weighted by Crippen LogP contribution is -2.19. The number of methoxy groups -OCH3 is 1. The minimum absolute atomic E-state index is 0.217. The number of halogens is 1. The molecule has 0 N–H and O–H groups in total. The van der Waals surface area contributed by atoms with Crippen LogP contribution in [0.2, 0.25) is 0 Å². The molecule has 4 rings (SSSR count). The van der Waals surface area contributed by atoms with Gasteiger partial charge < -0.3 is 4.74 Å². The van der Waals surface area contributed by atoms with Gasteiger partial charge in [-0.15, -0.1) is 0 Å². The Morgan fingerprint density at radius 2 is 1.67 bits per heavy atom. The molecule has 0 spiro atoms. The first-order chi connectivity index (χ1) is 13.2. The molecular weight excluding hydrogens is 400 g/mol. The van der Waals surface area contributed by atoms with E-state index in [9.17, 15) is 0 Å². The van der Waals surface area contributed by atoms with Crippen LogP contribution < -0.4 is 4.74 Å². The minimum atomic E-state index is 0.217. The van der Waals surface area contributed by atoms with Crippen molar-refractivity contribution in [2.24, 2.45) is 5.10 Å². The average Bonchev–Trinajstić information content (AvgIpc) is 3.13. The predicted molar refractivity (Wildman–Crippen MR) is 113 cm³/mol. The van der Waals surface area contributed by atoms with Crippen LogP contribution in [-0.2, 0) is 6.54 Å². The van der Waals surface area contributed by atoms with Crippen molar-refractivity contribution >= 4 is 21.6 Å². The Morgan fingerprint density at radius 1 is 0.963 bits per heavy atom. The van der Waals surface area contributed by atoms with Gasteiger partial charge in [0.05, 0.1) is 25.4 Å². The lowest BCUT2D eigenvalue weighted by atomic mass is 9.98. The SMILES string of the molecule is COc1ccc([C@@H]2CC(c3ccc(Br)cc3)=NN2Cc2ccccc2)cc1. The van der Waals surface area contributed by atoms with Gasteiger partial charge in [0.15, 0.2) is 0 Å². The molecule has 0 aromatic heterocycles. The van der Waals surface area contributed by atoms with Crippen LogP contribution in [0.25, 0.3) is 0 Å². The molecule has 0 radical (unpaired) electrons. The van der Waals surface area contributed by atoms with E-state index >= 15 is 0 Å². The Labute approximate surface area is 168 Å². The second-order valence-electron chi connectivity index (χ2n) is 6.63. The van der Waals surface area contributed by atoms with Crippen LogP contribution in [-0.4, -0.2) is 17.8 Å². The Balaban J connectivity index is 1.64. The number of hydrogen-bond donors (Lipinski definition) is 0. The molecule has 0 saturated carbocycles. The van der Waals surface area contributed by atoms with Gasteiger partial charge >= 0.3 is 0 Å². The molecule has 1 aliphatic heterocycles. The van der Waals surface area contributed by atoms with Gasteiger partial charge in [0.2, 0.25) is 0 Å². The Kier molecular flexibility index (Phi) is 5.26. The van der Waals surface area contributed by atoms with Crippen molar-refractivity contribution in [1.29, 1.82) is 0 Å². The predicted octanol–water partition coefficient (Wildman–Crippen LogP) is 5.81. The van der Waals surface area contributed by atoms with E-state index < -0.39 is 0 Å². The monoisotopic (exact) mass is 420 g/mol. The first kappa shape index (κ1) is 17.8. The number of benzene rings is 3. The number of hydrazone groups is 1. The van der Waals surface area contributed by atoms with E-state index in [0.717, 1.165) is 28.9 Å². The van der Waals surface area contributed by atoms with Gasteiger partial charge in [-0.25, -0.2) is 0 Å². The topological polar surface area (TPSA) is 24.8 Å². The van der Waals surface area contributed by atoms with Gasteiger partial charge in [-0.2, -0.15) is 5.10 Å². The summed E-state index contributed by atoms with van der Waals surface area (Å²) in [7, 11) is 1.70. The van der Waals surface area contributed by atoms with Gasteiger partial charge in [-0.1, -0.05) is 70.5 Å². The molecule has 1 aliphatic rings. The zero-order valence-electron chi connectivity index (χ0n) is 15.2. The molecule has 0 saturated heterocycles. The fraction of sp³-hybridized carbons (Fsp3) is 0.174. The standard InChI is InChI=1S/C23H21BrN2O/c1-27-21-13-9-19(10-14-21)23-15-22(18-7-11-20(24)12-8-18)25-26(23)16-17-5-3-2-4-6-17/h2-14,23H,15-16H2,1H3/t23-/m0/s1. The molecule has 0 unspecified atom stereocenters. The smallest absolute Gasteiger partial charge is 0.118 e. The molecule has 0 bridgehead atoms. The minimum Gasteiger partial charge on any atom is -0.497 e. The van der Waals surface area contributed by atoms with Gasteiger partial charge in [-0.05, 0) is 41.0 Å². The summed E-state index contributed by atoms with van der Waals surface area (Å²) in [5, 5.41) is 7.19. The molecule has 4 heteroatoms. The van der Waals surface area contributed by atoms with Gasteiger partial charge in [-0.3, -0.25) is 5.01 Å². The lowest BCUT2D eigenvalue weighted by molar-refractivity contribution is 0.224. The summed E-state index contributed by atoms with van der Waals surface area (Å²) >= 11 is 3.51. The number of rotatable bonds is 5. The molecule has 0 aliphatic carbocycles. The molecule has 0 fully saturated rings. The summed E-state index contributed by atoms with van der Waals surface area (Å²) in [6, 6.07) is 27.4. The Bertz CT molecular complexity index is 921. The van der Waals surface area contributed by atoms with Crippen LogP contribution in [0.1, 0.15) is 29.2 Å². The number of hydrogen-bond acceptors (Lipinski definition) is 3. The highest BCUT2D eigenvalue weighted by molar-refractivity contribution is 9.10. The van der Waals surface area contributed by atoms with Crippen molar-refractivity contribution in [2.45, 2.75) is 19.0 Å². The van der Waals surface area contributed by atoms with Crippen molar-refractivity contribution in [1.82, 2.24) is 5.01 Å². The number of nitrogens with zero attached hydrogens (tertiary/aromatic N) is 2. The van der Waals surface area contributed by atoms with E-state index in [-0.39, 0.29) is 6.04 Å². The third kappa shape index (κ3) is 4.06. The molecule has 1 heterocycles. The fourth-order valence-electron chi connectivity index (χ4n) is 3.40. The first-order valence-electron chi connectivity index (χ1n) is 9.01. The molecular formula is C23H21BrN2O. The van der Waals surface area contributed by atoms with Crippen LogP contribution in [0, 0.1) is 0 Å². The zero-order chi connectivity index (χ0) is 18.6. The second-order valence-corrected chi connectivity index (χ2v) is 7.55. The quantitative estimate of drug-likeness (QED) is 0.520. The molecule has 3 nitrogen and oxygen atoms in total. The van der Waals surface area contributed by atoms with E-state index in [1.807, 2.05) is 18.2 Å². The summed E-state index contributed by atoms with van der Waals surface area (Å²) in [6.45, 7) is 0.789. The second kappa shape index (κ2) is 7.97. The highest BCUT2D eigenvalue weighted by Crippen LogP contribution is 2.34. The van der Waals surface area contributed by atoms with Crippen LogP contribution in [0.4, 0.5) is 0 Å². The molecule has 0 amide bonds. The molecule has 3 aromatic carbocycles. The van der Waals surface area contributed by atoms with E-state index in [4.69, 9.17) is 9.84 Å². The molecule has 27 heavy (non-hydrogen) atoms. The third-order valence-electron chi connectivity index (χ3n) is 4.86. The van der Waals surface area contributed by atoms with E-state index in [1.54, 1.807) is 7.11 Å². The van der Waals surface area contributed by atoms with Crippen LogP contribution in [0.15, 0.2) is 88.4 Å². The van der Waals surface area contributed by atoms with Crippen LogP contribution in [0.3, 0.4) is 0 Å². The van der Waals surface area contributed by atoms with E-state index in [1.165, 1.54) is 16.7 Å². The van der Waals surface area contributed by atoms with E-state index in [0.29, 0.717) is 0 Å². The van der Waals surface area contributed by atoms with Gasteiger partial charge in [0.1, 0.15) is 5.75 Å². The highest BCUT2D eigenvalue weighted by atomic mass is 79.9. The summed E-state index contributed by atoms with van der Waals surface area (Å²) in [5.41, 5.74) is 4.81. The maximum atomic E-state index is 5.31. The van der Waals surface area contributed by atoms with Crippen molar-refractivity contribution < 1.29 is 4.74 Å². The summed E-state index contributed by atoms with van der Waals surface area (Å²) < 4.78 is 6.39. The van der Waals surface area contributed by atoms with E-state index in [2.05, 4.69) is 81.6 Å². The Morgan fingerprint density at radius 3 is 2.33 bits per heavy atom. The van der Waals surface area contributed by atoms with Gasteiger partial charge in [0, 0.05) is 10.9 Å². The number of ether oxygens (including phenoxy) is 1. The van der Waals surface area contributed by atoms with Crippen molar-refractivity contribution in [3.05, 3.63) is 100 Å². The Hall–Kier alpha value is -2.59. The van der Waals surface area contributed by atoms with Crippen LogP contribution in [0.5, 0.6) is 5.75 Å². The largest absolute Gasteiger partial charge is 0.497 e. The molecule has 3 aromatic rings. The van der Waals surface area contributed by atoms with Crippen LogP contribution >= 0.6 is 15.9 Å². The normalized spacial score (nSPS) is 16.3. The fourth-order valence-corrected chi connectivity index (χ4v) is 3.67. The lowest BCUT2D eigenvalue weighted by Gasteiger charge is -2.24. The van der Waals surface area contributed by atoms with Crippen molar-refractivity contribution in [3.8, 4) is 5.75 Å². The van der Waals surface area contributed by atoms with Crippen molar-refractivity contribution in [3.63, 3.8) is 0 Å². The molecule has 136 valence electrons. The first-order valence-corrected chi connectivity index (χ1v) is 9.80. The third-order valence-corrected chi connectivity index (χ3v) is 5.39. The molecule has 1 atom stereocenters. The summed E-state index contributed by atoms with van der Waals surface area (Å²) in [5.74, 6) is 0.875. The maximum Gasteiger partial charge on any atom is 0.118 e. The summed E-state index contributed by atoms with van der Waals surface area (Å²) in [4.78, 5) is 0. The summed E-state index contributed by atoms with van der Waals surface area (Å²) in [6.07, 6.45) is 0.890.